The van der Waals surface area contributed by atoms with Gasteiger partial charge in [-0.1, -0.05) is 20.3 Å². The van der Waals surface area contributed by atoms with Crippen LogP contribution in [0.4, 0.5) is 0 Å². The minimum atomic E-state index is -0.525. The highest BCUT2D eigenvalue weighted by atomic mass is 16.3. The highest BCUT2D eigenvalue weighted by molar-refractivity contribution is 5.80. The van der Waals surface area contributed by atoms with Crippen molar-refractivity contribution < 1.29 is 5.11 Å². The molecule has 0 spiro atoms. The first-order chi connectivity index (χ1) is 10.0. The third-order valence-electron chi connectivity index (χ3n) is 5.08. The summed E-state index contributed by atoms with van der Waals surface area (Å²) in [5.74, 6) is 1.000. The Kier molecular flexibility index (Phi) is 5.53. The van der Waals surface area contributed by atoms with Crippen LogP contribution >= 0.6 is 0 Å². The molecular weight excluding hydrogens is 262 g/mol. The van der Waals surface area contributed by atoms with Crippen molar-refractivity contribution in [3.05, 3.63) is 0 Å². The number of hydrogen-bond acceptors (Lipinski definition) is 2. The number of aliphatic imine (C=N–C) groups is 1. The Morgan fingerprint density at radius 2 is 2.00 bits per heavy atom. The summed E-state index contributed by atoms with van der Waals surface area (Å²) in [5, 5.41) is 13.7. The van der Waals surface area contributed by atoms with E-state index in [1.807, 2.05) is 0 Å². The second-order valence-electron chi connectivity index (χ2n) is 7.33. The van der Waals surface area contributed by atoms with Gasteiger partial charge < -0.3 is 15.3 Å². The normalized spacial score (nSPS) is 29.1. The lowest BCUT2D eigenvalue weighted by Gasteiger charge is -2.42. The van der Waals surface area contributed by atoms with Crippen molar-refractivity contribution in [2.75, 3.05) is 26.2 Å². The summed E-state index contributed by atoms with van der Waals surface area (Å²) in [6.45, 7) is 10.4. The van der Waals surface area contributed by atoms with Crippen molar-refractivity contribution in [2.24, 2.45) is 10.4 Å². The molecule has 4 nitrogen and oxygen atoms in total. The highest BCUT2D eigenvalue weighted by Gasteiger charge is 2.35. The Bertz CT molecular complexity index is 361. The maximum atomic E-state index is 10.3. The lowest BCUT2D eigenvalue weighted by molar-refractivity contribution is -0.0238. The van der Waals surface area contributed by atoms with Gasteiger partial charge in [-0.3, -0.25) is 4.99 Å². The Morgan fingerprint density at radius 3 is 2.57 bits per heavy atom. The Labute approximate surface area is 130 Å². The summed E-state index contributed by atoms with van der Waals surface area (Å²) >= 11 is 0. The van der Waals surface area contributed by atoms with Gasteiger partial charge in [0.05, 0.1) is 12.1 Å². The minimum absolute atomic E-state index is 0.413. The van der Waals surface area contributed by atoms with E-state index < -0.39 is 5.60 Å². The van der Waals surface area contributed by atoms with Gasteiger partial charge in [-0.05, 0) is 50.9 Å². The molecule has 1 aliphatic heterocycles. The molecule has 122 valence electrons. The fraction of sp³-hybridized carbons (Fsp3) is 0.941. The zero-order valence-electron chi connectivity index (χ0n) is 14.1. The molecule has 1 heterocycles. The maximum Gasteiger partial charge on any atom is 0.194 e. The number of hydrogen-bond donors (Lipinski definition) is 2. The second kappa shape index (κ2) is 6.99. The van der Waals surface area contributed by atoms with Crippen LogP contribution in [0.1, 0.15) is 65.7 Å². The van der Waals surface area contributed by atoms with Crippen LogP contribution in [0.15, 0.2) is 4.99 Å². The summed E-state index contributed by atoms with van der Waals surface area (Å²) in [7, 11) is 0. The number of likely N-dealkylation sites (tertiary alicyclic amines) is 1. The SMILES string of the molecule is CCCC1(C)CCCN(C(=NCC2(O)CCC2)NCC)C1. The van der Waals surface area contributed by atoms with Gasteiger partial charge in [-0.15, -0.1) is 0 Å². The maximum absolute atomic E-state index is 10.3. The van der Waals surface area contributed by atoms with Crippen molar-refractivity contribution in [2.45, 2.75) is 71.3 Å². The molecule has 2 aliphatic rings. The van der Waals surface area contributed by atoms with E-state index in [1.165, 1.54) is 25.7 Å². The predicted molar refractivity (Wildman–Crippen MR) is 88.6 cm³/mol. The van der Waals surface area contributed by atoms with E-state index in [0.717, 1.165) is 44.9 Å². The molecule has 0 aromatic carbocycles. The van der Waals surface area contributed by atoms with Crippen molar-refractivity contribution in [1.82, 2.24) is 10.2 Å². The fourth-order valence-electron chi connectivity index (χ4n) is 3.69. The molecule has 0 aromatic rings. The van der Waals surface area contributed by atoms with Crippen LogP contribution in [0.5, 0.6) is 0 Å². The quantitative estimate of drug-likeness (QED) is 0.605. The molecule has 1 unspecified atom stereocenters. The Balaban J connectivity index is 2.00. The van der Waals surface area contributed by atoms with Gasteiger partial charge >= 0.3 is 0 Å². The molecule has 0 bridgehead atoms. The molecule has 21 heavy (non-hydrogen) atoms. The lowest BCUT2D eigenvalue weighted by Crippen LogP contribution is -2.50. The monoisotopic (exact) mass is 295 g/mol. The molecule has 0 aromatic heterocycles. The predicted octanol–water partition coefficient (Wildman–Crippen LogP) is 2.77. The number of rotatable bonds is 5. The average Bonchev–Trinajstić information content (AvgIpc) is 2.41. The molecule has 2 fully saturated rings. The summed E-state index contributed by atoms with van der Waals surface area (Å²) in [4.78, 5) is 7.15. The van der Waals surface area contributed by atoms with Crippen LogP contribution in [0.2, 0.25) is 0 Å². The standard InChI is InChI=1S/C17H33N3O/c1-4-8-16(3)9-7-12-20(14-16)15(18-5-2)19-13-17(21)10-6-11-17/h21H,4-14H2,1-3H3,(H,18,19). The number of nitrogens with zero attached hydrogens (tertiary/aromatic N) is 2. The molecule has 2 rings (SSSR count). The molecule has 0 amide bonds. The van der Waals surface area contributed by atoms with Crippen LogP contribution in [0, 0.1) is 5.41 Å². The molecule has 1 saturated heterocycles. The zero-order chi connectivity index (χ0) is 15.3. The molecule has 0 radical (unpaired) electrons. The highest BCUT2D eigenvalue weighted by Crippen LogP contribution is 2.34. The van der Waals surface area contributed by atoms with Crippen LogP contribution in [0.25, 0.3) is 0 Å². The molecule has 4 heteroatoms. The third-order valence-corrected chi connectivity index (χ3v) is 5.08. The largest absolute Gasteiger partial charge is 0.388 e. The van der Waals surface area contributed by atoms with Crippen molar-refractivity contribution in [3.8, 4) is 0 Å². The lowest BCUT2D eigenvalue weighted by atomic mass is 9.78. The van der Waals surface area contributed by atoms with Crippen LogP contribution < -0.4 is 5.32 Å². The first-order valence-corrected chi connectivity index (χ1v) is 8.76. The van der Waals surface area contributed by atoms with E-state index in [4.69, 9.17) is 4.99 Å². The van der Waals surface area contributed by atoms with Gasteiger partial charge in [0.15, 0.2) is 5.96 Å². The average molecular weight is 295 g/mol. The van der Waals surface area contributed by atoms with Crippen LogP contribution in [0.3, 0.4) is 0 Å². The van der Waals surface area contributed by atoms with Crippen LogP contribution in [-0.4, -0.2) is 47.7 Å². The number of nitrogens with one attached hydrogen (secondary N) is 1. The topological polar surface area (TPSA) is 47.9 Å². The van der Waals surface area contributed by atoms with Gasteiger partial charge in [0.2, 0.25) is 0 Å². The van der Waals surface area contributed by atoms with Crippen molar-refractivity contribution in [1.29, 1.82) is 0 Å². The molecule has 1 aliphatic carbocycles. The van der Waals surface area contributed by atoms with E-state index in [1.54, 1.807) is 0 Å². The molecule has 1 atom stereocenters. The summed E-state index contributed by atoms with van der Waals surface area (Å²) < 4.78 is 0. The zero-order valence-corrected chi connectivity index (χ0v) is 14.1. The van der Waals surface area contributed by atoms with Gasteiger partial charge in [0.1, 0.15) is 0 Å². The molecule has 1 saturated carbocycles. The van der Waals surface area contributed by atoms with E-state index in [2.05, 4.69) is 31.0 Å². The number of guanidine groups is 1. The van der Waals surface area contributed by atoms with E-state index >= 15 is 0 Å². The first kappa shape index (κ1) is 16.6. The third kappa shape index (κ3) is 4.35. The van der Waals surface area contributed by atoms with Gasteiger partial charge in [0.25, 0.3) is 0 Å². The molecular formula is C17H33N3O. The number of aliphatic hydroxyl groups is 1. The van der Waals surface area contributed by atoms with E-state index in [0.29, 0.717) is 12.0 Å². The van der Waals surface area contributed by atoms with Crippen LogP contribution in [-0.2, 0) is 0 Å². The summed E-state index contributed by atoms with van der Waals surface area (Å²) in [6.07, 6.45) is 8.05. The number of piperidine rings is 1. The summed E-state index contributed by atoms with van der Waals surface area (Å²) in [5.41, 5.74) is -0.111. The first-order valence-electron chi connectivity index (χ1n) is 8.76. The fourth-order valence-corrected chi connectivity index (χ4v) is 3.69. The van der Waals surface area contributed by atoms with Crippen molar-refractivity contribution >= 4 is 5.96 Å². The van der Waals surface area contributed by atoms with Crippen molar-refractivity contribution in [3.63, 3.8) is 0 Å². The molecule has 2 N–H and O–H groups in total. The summed E-state index contributed by atoms with van der Waals surface area (Å²) in [6, 6.07) is 0. The van der Waals surface area contributed by atoms with E-state index in [9.17, 15) is 5.11 Å². The second-order valence-corrected chi connectivity index (χ2v) is 7.33. The smallest absolute Gasteiger partial charge is 0.194 e. The van der Waals surface area contributed by atoms with E-state index in [-0.39, 0.29) is 0 Å². The minimum Gasteiger partial charge on any atom is -0.388 e. The van der Waals surface area contributed by atoms with Gasteiger partial charge in [-0.2, -0.15) is 0 Å². The van der Waals surface area contributed by atoms with Gasteiger partial charge in [-0.25, -0.2) is 0 Å². The van der Waals surface area contributed by atoms with Gasteiger partial charge in [0, 0.05) is 19.6 Å². The Hall–Kier alpha value is -0.770. The Morgan fingerprint density at radius 1 is 1.24 bits per heavy atom.